The molecule has 0 radical (unpaired) electrons. The van der Waals surface area contributed by atoms with Crippen molar-refractivity contribution in [3.63, 3.8) is 0 Å². The number of carbonyl (C=O) groups excluding carboxylic acids is 1. The molecule has 0 atom stereocenters. The van der Waals surface area contributed by atoms with Crippen LogP contribution in [0.2, 0.25) is 0 Å². The summed E-state index contributed by atoms with van der Waals surface area (Å²) in [6.45, 7) is 6.66. The topological polar surface area (TPSA) is 50.2 Å². The summed E-state index contributed by atoms with van der Waals surface area (Å²) in [5.74, 6) is 0.577. The van der Waals surface area contributed by atoms with Crippen LogP contribution in [0.4, 0.5) is 10.5 Å². The fourth-order valence-corrected chi connectivity index (χ4v) is 4.00. The molecule has 1 aromatic heterocycles. The van der Waals surface area contributed by atoms with Gasteiger partial charge >= 0.3 is 6.03 Å². The van der Waals surface area contributed by atoms with Crippen LogP contribution in [0.3, 0.4) is 0 Å². The van der Waals surface area contributed by atoms with Crippen LogP contribution in [0, 0.1) is 19.8 Å². The summed E-state index contributed by atoms with van der Waals surface area (Å²) >= 11 is 0. The minimum absolute atomic E-state index is 0.00605. The van der Waals surface area contributed by atoms with E-state index in [1.165, 1.54) is 5.52 Å². The summed E-state index contributed by atoms with van der Waals surface area (Å²) in [7, 11) is 0. The zero-order valence-electron chi connectivity index (χ0n) is 16.0. The molecule has 27 heavy (non-hydrogen) atoms. The molecule has 1 aliphatic rings. The highest BCUT2D eigenvalue weighted by atomic mass is 16.2. The third-order valence-electron chi connectivity index (χ3n) is 5.36. The second kappa shape index (κ2) is 7.43. The van der Waals surface area contributed by atoms with Crippen molar-refractivity contribution in [2.24, 2.45) is 5.92 Å². The van der Waals surface area contributed by atoms with Crippen LogP contribution >= 0.6 is 0 Å². The number of para-hydroxylation sites is 2. The van der Waals surface area contributed by atoms with Gasteiger partial charge in [-0.2, -0.15) is 0 Å². The number of urea groups is 1. The van der Waals surface area contributed by atoms with E-state index in [4.69, 9.17) is 0 Å². The van der Waals surface area contributed by atoms with E-state index >= 15 is 0 Å². The second-order valence-electron chi connectivity index (χ2n) is 7.62. The maximum Gasteiger partial charge on any atom is 0.321 e. The predicted molar refractivity (Wildman–Crippen MR) is 109 cm³/mol. The lowest BCUT2D eigenvalue weighted by Crippen LogP contribution is -2.41. The minimum atomic E-state index is 0.00605. The third-order valence-corrected chi connectivity index (χ3v) is 5.36. The zero-order valence-corrected chi connectivity index (χ0v) is 16.0. The van der Waals surface area contributed by atoms with Crippen LogP contribution in [0.1, 0.15) is 24.0 Å². The number of likely N-dealkylation sites (tertiary alicyclic amines) is 1. The van der Waals surface area contributed by atoms with Gasteiger partial charge in [0, 0.05) is 25.3 Å². The molecule has 5 nitrogen and oxygen atoms in total. The first-order valence-corrected chi connectivity index (χ1v) is 9.62. The highest BCUT2D eigenvalue weighted by Gasteiger charge is 2.23. The van der Waals surface area contributed by atoms with E-state index in [9.17, 15) is 4.79 Å². The van der Waals surface area contributed by atoms with Gasteiger partial charge in [0.15, 0.2) is 0 Å². The normalized spacial score (nSPS) is 15.3. The molecule has 2 amide bonds. The fraction of sp³-hybridized carbons (Fsp3) is 0.364. The van der Waals surface area contributed by atoms with Crippen molar-refractivity contribution in [2.75, 3.05) is 18.4 Å². The Hall–Kier alpha value is -2.82. The number of aryl methyl sites for hydroxylation is 2. The second-order valence-corrected chi connectivity index (χ2v) is 7.62. The Morgan fingerprint density at radius 3 is 2.56 bits per heavy atom. The van der Waals surface area contributed by atoms with E-state index in [2.05, 4.69) is 33.1 Å². The SMILES string of the molecule is Cc1cc(C)cc(NC(=O)N2CCC(Cn3cnc4ccccc43)CC2)c1. The molecule has 0 bridgehead atoms. The van der Waals surface area contributed by atoms with Crippen LogP contribution in [0.15, 0.2) is 48.8 Å². The number of anilines is 1. The number of rotatable bonds is 3. The molecule has 0 spiro atoms. The lowest BCUT2D eigenvalue weighted by molar-refractivity contribution is 0.177. The van der Waals surface area contributed by atoms with Gasteiger partial charge in [-0.1, -0.05) is 18.2 Å². The maximum atomic E-state index is 12.6. The molecule has 0 saturated carbocycles. The van der Waals surface area contributed by atoms with Gasteiger partial charge in [0.2, 0.25) is 0 Å². The van der Waals surface area contributed by atoms with Crippen molar-refractivity contribution in [3.05, 3.63) is 59.9 Å². The molecule has 1 saturated heterocycles. The van der Waals surface area contributed by atoms with Gasteiger partial charge in [-0.25, -0.2) is 9.78 Å². The predicted octanol–water partition coefficient (Wildman–Crippen LogP) is 4.60. The molecule has 1 aliphatic heterocycles. The van der Waals surface area contributed by atoms with E-state index in [0.717, 1.165) is 54.8 Å². The highest BCUT2D eigenvalue weighted by Crippen LogP contribution is 2.23. The van der Waals surface area contributed by atoms with Crippen LogP contribution in [0.5, 0.6) is 0 Å². The Morgan fingerprint density at radius 2 is 1.81 bits per heavy atom. The zero-order chi connectivity index (χ0) is 18.8. The summed E-state index contributed by atoms with van der Waals surface area (Å²) in [6.07, 6.45) is 3.98. The number of fused-ring (bicyclic) bond motifs is 1. The molecular formula is C22H26N4O. The molecule has 5 heteroatoms. The molecule has 140 valence electrons. The van der Waals surface area contributed by atoms with Gasteiger partial charge in [-0.3, -0.25) is 0 Å². The molecule has 3 aromatic rings. The van der Waals surface area contributed by atoms with Gasteiger partial charge in [0.1, 0.15) is 0 Å². The third kappa shape index (κ3) is 3.97. The first-order chi connectivity index (χ1) is 13.1. The van der Waals surface area contributed by atoms with Crippen molar-refractivity contribution < 1.29 is 4.79 Å². The number of amides is 2. The average molecular weight is 362 g/mol. The molecule has 1 N–H and O–H groups in total. The van der Waals surface area contributed by atoms with E-state index in [1.54, 1.807) is 0 Å². The number of nitrogens with zero attached hydrogens (tertiary/aromatic N) is 3. The van der Waals surface area contributed by atoms with E-state index in [-0.39, 0.29) is 6.03 Å². The van der Waals surface area contributed by atoms with Crippen molar-refractivity contribution in [3.8, 4) is 0 Å². The Morgan fingerprint density at radius 1 is 1.11 bits per heavy atom. The van der Waals surface area contributed by atoms with Crippen molar-refractivity contribution in [1.29, 1.82) is 0 Å². The summed E-state index contributed by atoms with van der Waals surface area (Å²) < 4.78 is 2.24. The fourth-order valence-electron chi connectivity index (χ4n) is 4.00. The Bertz CT molecular complexity index is 934. The minimum Gasteiger partial charge on any atom is -0.330 e. The summed E-state index contributed by atoms with van der Waals surface area (Å²) in [5.41, 5.74) is 5.44. The first kappa shape index (κ1) is 17.6. The van der Waals surface area contributed by atoms with Crippen molar-refractivity contribution >= 4 is 22.8 Å². The number of aromatic nitrogens is 2. The quantitative estimate of drug-likeness (QED) is 0.740. The lowest BCUT2D eigenvalue weighted by atomic mass is 9.97. The number of benzene rings is 2. The van der Waals surface area contributed by atoms with Gasteiger partial charge < -0.3 is 14.8 Å². The van der Waals surface area contributed by atoms with Crippen LogP contribution < -0.4 is 5.32 Å². The average Bonchev–Trinajstić information content (AvgIpc) is 3.04. The van der Waals surface area contributed by atoms with Gasteiger partial charge in [-0.05, 0) is 68.0 Å². The van der Waals surface area contributed by atoms with Crippen LogP contribution in [0.25, 0.3) is 11.0 Å². The maximum absolute atomic E-state index is 12.6. The smallest absolute Gasteiger partial charge is 0.321 e. The van der Waals surface area contributed by atoms with Gasteiger partial charge in [0.05, 0.1) is 17.4 Å². The first-order valence-electron chi connectivity index (χ1n) is 9.62. The summed E-state index contributed by atoms with van der Waals surface area (Å²) in [5, 5.41) is 3.05. The lowest BCUT2D eigenvalue weighted by Gasteiger charge is -2.32. The molecule has 1 fully saturated rings. The van der Waals surface area contributed by atoms with Gasteiger partial charge in [-0.15, -0.1) is 0 Å². The summed E-state index contributed by atoms with van der Waals surface area (Å²) in [6, 6.07) is 14.4. The number of nitrogens with one attached hydrogen (secondary N) is 1. The van der Waals surface area contributed by atoms with E-state index < -0.39 is 0 Å². The number of carbonyl (C=O) groups is 1. The molecule has 4 rings (SSSR count). The number of imidazole rings is 1. The Kier molecular flexibility index (Phi) is 4.84. The van der Waals surface area contributed by atoms with Crippen LogP contribution in [-0.4, -0.2) is 33.6 Å². The van der Waals surface area contributed by atoms with Crippen molar-refractivity contribution in [1.82, 2.24) is 14.5 Å². The molecular weight excluding hydrogens is 336 g/mol. The molecule has 2 heterocycles. The molecule has 0 aliphatic carbocycles. The largest absolute Gasteiger partial charge is 0.330 e. The summed E-state index contributed by atoms with van der Waals surface area (Å²) in [4.78, 5) is 19.0. The van der Waals surface area contributed by atoms with Gasteiger partial charge in [0.25, 0.3) is 0 Å². The monoisotopic (exact) mass is 362 g/mol. The van der Waals surface area contributed by atoms with E-state index in [0.29, 0.717) is 5.92 Å². The number of hydrogen-bond donors (Lipinski definition) is 1. The number of hydrogen-bond acceptors (Lipinski definition) is 2. The van der Waals surface area contributed by atoms with Crippen LogP contribution in [-0.2, 0) is 6.54 Å². The Balaban J connectivity index is 1.33. The molecule has 2 aromatic carbocycles. The number of piperidine rings is 1. The standard InChI is InChI=1S/C22H26N4O/c1-16-11-17(2)13-19(12-16)24-22(27)25-9-7-18(8-10-25)14-26-15-23-20-5-3-4-6-21(20)26/h3-6,11-13,15,18H,7-10,14H2,1-2H3,(H,24,27). The van der Waals surface area contributed by atoms with E-state index in [1.807, 2.05) is 49.3 Å². The van der Waals surface area contributed by atoms with Crippen molar-refractivity contribution in [2.45, 2.75) is 33.2 Å². The molecule has 0 unspecified atom stereocenters. The Labute approximate surface area is 160 Å². The highest BCUT2D eigenvalue weighted by molar-refractivity contribution is 5.89.